The first-order valence-electron chi connectivity index (χ1n) is 9.75. The lowest BCUT2D eigenvalue weighted by Crippen LogP contribution is -2.13. The van der Waals surface area contributed by atoms with Crippen LogP contribution in [0.25, 0.3) is 6.08 Å². The second-order valence-electron chi connectivity index (χ2n) is 6.80. The molecule has 8 heteroatoms. The fourth-order valence-corrected chi connectivity index (χ4v) is 3.19. The van der Waals surface area contributed by atoms with Gasteiger partial charge in [-0.1, -0.05) is 35.3 Å². The van der Waals surface area contributed by atoms with Gasteiger partial charge in [-0.05, 0) is 65.7 Å². The Morgan fingerprint density at radius 2 is 1.73 bits per heavy atom. The van der Waals surface area contributed by atoms with Gasteiger partial charge in [-0.15, -0.1) is 0 Å². The average Bonchev–Trinajstić information content (AvgIpc) is 2.83. The first kappa shape index (κ1) is 24.0. The summed E-state index contributed by atoms with van der Waals surface area (Å²) in [7, 11) is 3.07. The highest BCUT2D eigenvalue weighted by Crippen LogP contribution is 2.30. The minimum atomic E-state index is -0.526. The molecule has 1 amide bonds. The van der Waals surface area contributed by atoms with Crippen molar-refractivity contribution < 1.29 is 19.0 Å². The molecule has 0 saturated carbocycles. The van der Waals surface area contributed by atoms with Gasteiger partial charge in [0.15, 0.2) is 11.5 Å². The van der Waals surface area contributed by atoms with Crippen LogP contribution in [0, 0.1) is 11.3 Å². The molecule has 3 rings (SSSR count). The van der Waals surface area contributed by atoms with Crippen LogP contribution in [0.1, 0.15) is 11.1 Å². The average molecular weight is 483 g/mol. The maximum absolute atomic E-state index is 12.5. The molecule has 0 aliphatic heterocycles. The summed E-state index contributed by atoms with van der Waals surface area (Å²) in [5.41, 5.74) is 1.94. The van der Waals surface area contributed by atoms with Crippen molar-refractivity contribution in [1.82, 2.24) is 0 Å². The molecule has 0 atom stereocenters. The van der Waals surface area contributed by atoms with E-state index in [0.29, 0.717) is 38.5 Å². The predicted molar refractivity (Wildman–Crippen MR) is 129 cm³/mol. The number of ether oxygens (including phenoxy) is 3. The molecule has 3 aromatic rings. The van der Waals surface area contributed by atoms with Crippen molar-refractivity contribution in [3.8, 4) is 23.3 Å². The number of carbonyl (C=O) groups excluding carboxylic acids is 1. The van der Waals surface area contributed by atoms with Crippen LogP contribution >= 0.6 is 23.2 Å². The van der Waals surface area contributed by atoms with Crippen molar-refractivity contribution in [3.05, 3.63) is 87.4 Å². The zero-order valence-corrected chi connectivity index (χ0v) is 19.4. The highest BCUT2D eigenvalue weighted by atomic mass is 35.5. The van der Waals surface area contributed by atoms with Crippen LogP contribution < -0.4 is 19.5 Å². The van der Waals surface area contributed by atoms with Gasteiger partial charge in [0.2, 0.25) is 0 Å². The third-order valence-electron chi connectivity index (χ3n) is 4.59. The Kier molecular flexibility index (Phi) is 8.20. The largest absolute Gasteiger partial charge is 0.497 e. The molecule has 0 spiro atoms. The van der Waals surface area contributed by atoms with E-state index in [0.717, 1.165) is 5.56 Å². The molecule has 33 heavy (non-hydrogen) atoms. The minimum absolute atomic E-state index is 0.0580. The van der Waals surface area contributed by atoms with Gasteiger partial charge >= 0.3 is 0 Å². The second kappa shape index (κ2) is 11.3. The molecule has 0 heterocycles. The lowest BCUT2D eigenvalue weighted by molar-refractivity contribution is -0.112. The smallest absolute Gasteiger partial charge is 0.266 e. The number of hydrogen-bond acceptors (Lipinski definition) is 5. The van der Waals surface area contributed by atoms with E-state index < -0.39 is 5.91 Å². The molecular formula is C25H20Cl2N2O4. The van der Waals surface area contributed by atoms with Gasteiger partial charge in [0.05, 0.1) is 24.3 Å². The van der Waals surface area contributed by atoms with Crippen molar-refractivity contribution >= 4 is 40.9 Å². The predicted octanol–water partition coefficient (Wildman–Crippen LogP) is 6.14. The van der Waals surface area contributed by atoms with Gasteiger partial charge in [0, 0.05) is 5.69 Å². The van der Waals surface area contributed by atoms with E-state index in [-0.39, 0.29) is 12.2 Å². The van der Waals surface area contributed by atoms with Crippen molar-refractivity contribution in [2.45, 2.75) is 6.61 Å². The first-order chi connectivity index (χ1) is 15.9. The van der Waals surface area contributed by atoms with E-state index in [9.17, 15) is 10.1 Å². The van der Waals surface area contributed by atoms with Gasteiger partial charge in [0.25, 0.3) is 5.91 Å². The van der Waals surface area contributed by atoms with Crippen LogP contribution in [0.2, 0.25) is 10.0 Å². The summed E-state index contributed by atoms with van der Waals surface area (Å²) in [5.74, 6) is 1.10. The third kappa shape index (κ3) is 6.42. The van der Waals surface area contributed by atoms with Crippen LogP contribution in [0.15, 0.2) is 66.2 Å². The zero-order chi connectivity index (χ0) is 23.8. The summed E-state index contributed by atoms with van der Waals surface area (Å²) in [6.45, 7) is 0.260. The maximum atomic E-state index is 12.5. The van der Waals surface area contributed by atoms with Gasteiger partial charge in [-0.2, -0.15) is 5.26 Å². The number of anilines is 1. The quantitative estimate of drug-likeness (QED) is 0.308. The van der Waals surface area contributed by atoms with E-state index in [2.05, 4.69) is 5.32 Å². The molecular weight excluding hydrogens is 463 g/mol. The zero-order valence-electron chi connectivity index (χ0n) is 17.9. The lowest BCUT2D eigenvalue weighted by Gasteiger charge is -2.12. The van der Waals surface area contributed by atoms with E-state index >= 15 is 0 Å². The van der Waals surface area contributed by atoms with Crippen LogP contribution in [0.4, 0.5) is 5.69 Å². The van der Waals surface area contributed by atoms with Crippen LogP contribution in [0.3, 0.4) is 0 Å². The van der Waals surface area contributed by atoms with E-state index in [1.165, 1.54) is 13.2 Å². The first-order valence-corrected chi connectivity index (χ1v) is 10.5. The number of rotatable bonds is 8. The highest BCUT2D eigenvalue weighted by Gasteiger charge is 2.12. The summed E-state index contributed by atoms with van der Waals surface area (Å²) < 4.78 is 16.3. The molecule has 0 aliphatic rings. The summed E-state index contributed by atoms with van der Waals surface area (Å²) in [6, 6.07) is 19.1. The minimum Gasteiger partial charge on any atom is -0.497 e. The molecule has 0 aromatic heterocycles. The number of nitrogens with zero attached hydrogens (tertiary/aromatic N) is 1. The molecule has 0 saturated heterocycles. The normalized spacial score (nSPS) is 10.8. The van der Waals surface area contributed by atoms with Crippen LogP contribution in [0.5, 0.6) is 17.2 Å². The Morgan fingerprint density at radius 3 is 2.36 bits per heavy atom. The Morgan fingerprint density at radius 1 is 0.970 bits per heavy atom. The van der Waals surface area contributed by atoms with E-state index in [1.807, 2.05) is 12.1 Å². The molecule has 1 N–H and O–H groups in total. The molecule has 6 nitrogen and oxygen atoms in total. The number of benzene rings is 3. The number of amides is 1. The van der Waals surface area contributed by atoms with Crippen molar-refractivity contribution in [2.24, 2.45) is 0 Å². The fourth-order valence-electron chi connectivity index (χ4n) is 2.87. The Hall–Kier alpha value is -3.66. The van der Waals surface area contributed by atoms with E-state index in [4.69, 9.17) is 37.4 Å². The highest BCUT2D eigenvalue weighted by molar-refractivity contribution is 6.42. The van der Waals surface area contributed by atoms with Gasteiger partial charge in [-0.25, -0.2) is 0 Å². The van der Waals surface area contributed by atoms with Gasteiger partial charge in [-0.3, -0.25) is 4.79 Å². The number of nitrogens with one attached hydrogen (secondary N) is 1. The molecule has 0 aliphatic carbocycles. The number of hydrogen-bond donors (Lipinski definition) is 1. The summed E-state index contributed by atoms with van der Waals surface area (Å²) in [6.07, 6.45) is 1.48. The van der Waals surface area contributed by atoms with Gasteiger partial charge in [0.1, 0.15) is 24.0 Å². The Bertz CT molecular complexity index is 1220. The van der Waals surface area contributed by atoms with Crippen molar-refractivity contribution in [3.63, 3.8) is 0 Å². The lowest BCUT2D eigenvalue weighted by atomic mass is 10.1. The second-order valence-corrected chi connectivity index (χ2v) is 7.61. The summed E-state index contributed by atoms with van der Waals surface area (Å²) >= 11 is 12.0. The van der Waals surface area contributed by atoms with E-state index in [1.54, 1.807) is 61.7 Å². The standard InChI is InChI=1S/C25H20Cl2N2O4/c1-31-20-7-5-19(6-8-20)29-25(30)18(14-28)11-16-4-10-23(24(13-16)32-2)33-15-17-3-9-21(26)22(27)12-17/h3-13H,15H2,1-2H3,(H,29,30)/b18-11+. The number of methoxy groups -OCH3 is 2. The number of nitriles is 1. The fraction of sp³-hybridized carbons (Fsp3) is 0.120. The monoisotopic (exact) mass is 482 g/mol. The molecule has 0 fully saturated rings. The molecule has 0 bridgehead atoms. The number of carbonyl (C=O) groups is 1. The number of halogens is 2. The van der Waals surface area contributed by atoms with Crippen molar-refractivity contribution in [1.29, 1.82) is 5.26 Å². The third-order valence-corrected chi connectivity index (χ3v) is 5.33. The SMILES string of the molecule is COc1ccc(NC(=O)/C(C#N)=C/c2ccc(OCc3ccc(Cl)c(Cl)c3)c(OC)c2)cc1. The summed E-state index contributed by atoms with van der Waals surface area (Å²) in [4.78, 5) is 12.5. The van der Waals surface area contributed by atoms with Crippen molar-refractivity contribution in [2.75, 3.05) is 19.5 Å². The van der Waals surface area contributed by atoms with Crippen LogP contribution in [-0.2, 0) is 11.4 Å². The molecule has 168 valence electrons. The van der Waals surface area contributed by atoms with Crippen LogP contribution in [-0.4, -0.2) is 20.1 Å². The summed E-state index contributed by atoms with van der Waals surface area (Å²) in [5, 5.41) is 13.1. The van der Waals surface area contributed by atoms with Gasteiger partial charge < -0.3 is 19.5 Å². The topological polar surface area (TPSA) is 80.6 Å². The molecule has 3 aromatic carbocycles. The maximum Gasteiger partial charge on any atom is 0.266 e. The Balaban J connectivity index is 1.73. The molecule has 0 radical (unpaired) electrons. The molecule has 0 unspecified atom stereocenters. The Labute approximate surface area is 201 Å².